The number of rotatable bonds is 9. The van der Waals surface area contributed by atoms with Crippen LogP contribution in [0.4, 0.5) is 0 Å². The van der Waals surface area contributed by atoms with Crippen LogP contribution in [0, 0.1) is 43.3 Å². The van der Waals surface area contributed by atoms with E-state index in [1.807, 2.05) is 260 Å². The minimum atomic E-state index is 0. The van der Waals surface area contributed by atoms with Crippen molar-refractivity contribution in [2.24, 2.45) is 0 Å². The molecule has 0 atom stereocenters. The molecule has 561 valence electrons. The summed E-state index contributed by atoms with van der Waals surface area (Å²) in [5.74, 6) is 0. The molecule has 21 rings (SSSR count). The van der Waals surface area contributed by atoms with Crippen LogP contribution in [0.3, 0.4) is 0 Å². The van der Waals surface area contributed by atoms with Gasteiger partial charge < -0.3 is 34.3 Å². The zero-order valence-corrected chi connectivity index (χ0v) is 70.8. The Labute approximate surface area is 718 Å². The van der Waals surface area contributed by atoms with Crippen molar-refractivity contribution in [2.75, 3.05) is 0 Å². The molecule has 0 aliphatic rings. The number of hydrogen-bond donors (Lipinski definition) is 0. The normalized spacial score (nSPS) is 10.4. The van der Waals surface area contributed by atoms with Crippen molar-refractivity contribution in [1.82, 2.24) is 29.9 Å². The van der Waals surface area contributed by atoms with Crippen LogP contribution in [0.1, 0.15) is 5.69 Å². The first-order valence-electron chi connectivity index (χ1n) is 36.7. The van der Waals surface area contributed by atoms with Crippen LogP contribution in [0.15, 0.2) is 399 Å². The SMILES string of the molecule is Cc1cccc(-c2[c-]cccc2)n1.[Ir].[Ir].[Ir].[c-]1ccc(-c2cccc3c2oc2ccccc23)cc1-c1ccccn1.[c-]1ccc(-c2cccc3c2sc2ccccc23)cc1-c1ccccn1.[c-]1ccc(-c2cccc3c2sc2ccccc23)cc1-c1ccccn1.[c-]1ccccc1-c1ccccn1.[c-]1ccccc1-c1ccccn1. The molecule has 0 fully saturated rings. The second-order valence-corrected chi connectivity index (χ2v) is 28.0. The fourth-order valence-corrected chi connectivity index (χ4v) is 15.7. The van der Waals surface area contributed by atoms with Crippen molar-refractivity contribution in [1.29, 1.82) is 0 Å². The Hall–Kier alpha value is -12.3. The molecule has 115 heavy (non-hydrogen) atoms. The van der Waals surface area contributed by atoms with Gasteiger partial charge in [0.05, 0.1) is 0 Å². The third kappa shape index (κ3) is 19.7. The Balaban J connectivity index is 0.000000123. The van der Waals surface area contributed by atoms with Gasteiger partial charge in [-0.1, -0.05) is 199 Å². The standard InChI is InChI=1S/C23H14NO.2C23H14NS.C12H10N.2C11H8N.3Ir/c3*1-2-13-22-19(9-1)20-11-6-10-18(23(20)25-22)16-7-5-8-17(15-16)21-12-3-4-14-24-21;1-10-6-5-9-12(13-10)11-7-3-2-4-8-11;2*1-2-6-10(7-3-1)11-8-4-5-9-12-11;;;/h3*1-7,9-15H;2-7,9H,1H3;2*1-6,8-9H;;;/q6*-1;;;. The Morgan fingerprint density at radius 3 is 0.974 bits per heavy atom. The first-order valence-corrected chi connectivity index (χ1v) is 38.3. The topological polar surface area (TPSA) is 90.5 Å². The number of furan rings is 1. The summed E-state index contributed by atoms with van der Waals surface area (Å²) in [5.41, 5.74) is 21.9. The predicted octanol–water partition coefficient (Wildman–Crippen LogP) is 27.2. The summed E-state index contributed by atoms with van der Waals surface area (Å²) >= 11 is 3.72. The van der Waals surface area contributed by atoms with E-state index < -0.39 is 0 Å². The van der Waals surface area contributed by atoms with Crippen molar-refractivity contribution >= 4 is 85.0 Å². The molecule has 0 aliphatic heterocycles. The van der Waals surface area contributed by atoms with Gasteiger partial charge in [0, 0.05) is 154 Å². The van der Waals surface area contributed by atoms with E-state index in [0.29, 0.717) is 0 Å². The van der Waals surface area contributed by atoms with E-state index in [1.54, 1.807) is 18.6 Å². The average Bonchev–Trinajstić information content (AvgIpc) is 1.64. The number of aryl methyl sites for hydroxylation is 1. The zero-order chi connectivity index (χ0) is 75.5. The molecule has 0 N–H and O–H groups in total. The Morgan fingerprint density at radius 1 is 0.252 bits per heavy atom. The van der Waals surface area contributed by atoms with Crippen molar-refractivity contribution in [2.45, 2.75) is 6.92 Å². The van der Waals surface area contributed by atoms with Gasteiger partial charge in [-0.3, -0.25) is 0 Å². The fraction of sp³-hybridized carbons (Fsp3) is 0.00971. The van der Waals surface area contributed by atoms with E-state index in [4.69, 9.17) is 4.42 Å². The zero-order valence-electron chi connectivity index (χ0n) is 61.9. The van der Waals surface area contributed by atoms with E-state index in [-0.39, 0.29) is 60.3 Å². The third-order valence-electron chi connectivity index (χ3n) is 18.5. The molecule has 0 spiro atoms. The molecule has 9 heterocycles. The molecule has 0 unspecified atom stereocenters. The second kappa shape index (κ2) is 40.0. The summed E-state index contributed by atoms with van der Waals surface area (Å²) < 4.78 is 11.5. The summed E-state index contributed by atoms with van der Waals surface area (Å²) in [6.45, 7) is 1.99. The quantitative estimate of drug-likeness (QED) is 0.133. The maximum absolute atomic E-state index is 6.16. The molecule has 12 heteroatoms. The van der Waals surface area contributed by atoms with E-state index in [2.05, 4.69) is 212 Å². The van der Waals surface area contributed by atoms with Crippen molar-refractivity contribution in [3.63, 3.8) is 0 Å². The second-order valence-electron chi connectivity index (χ2n) is 25.9. The number of hydrogen-bond acceptors (Lipinski definition) is 9. The molecule has 0 aliphatic carbocycles. The van der Waals surface area contributed by atoms with Gasteiger partial charge in [0.1, 0.15) is 11.2 Å². The van der Waals surface area contributed by atoms with Crippen molar-refractivity contribution < 1.29 is 64.7 Å². The Morgan fingerprint density at radius 2 is 0.574 bits per heavy atom. The molecule has 9 aromatic heterocycles. The molecule has 3 radical (unpaired) electrons. The van der Waals surface area contributed by atoms with Gasteiger partial charge in [0.15, 0.2) is 0 Å². The summed E-state index contributed by atoms with van der Waals surface area (Å²) in [5, 5.41) is 7.59. The van der Waals surface area contributed by atoms with Gasteiger partial charge >= 0.3 is 0 Å². The number of nitrogens with zero attached hydrogens (tertiary/aromatic N) is 6. The fourth-order valence-electron chi connectivity index (χ4n) is 13.2. The van der Waals surface area contributed by atoms with Gasteiger partial charge in [-0.15, -0.1) is 220 Å². The van der Waals surface area contributed by atoms with Gasteiger partial charge in [0.25, 0.3) is 0 Å². The van der Waals surface area contributed by atoms with Gasteiger partial charge in [-0.25, -0.2) is 0 Å². The van der Waals surface area contributed by atoms with Gasteiger partial charge in [-0.05, 0) is 107 Å². The number of benzene rings is 12. The van der Waals surface area contributed by atoms with Crippen molar-refractivity contribution in [3.8, 4) is 101 Å². The molecule has 0 saturated carbocycles. The molecule has 0 bridgehead atoms. The smallest absolute Gasteiger partial charge is 0.141 e. The van der Waals surface area contributed by atoms with Crippen LogP contribution in [0.25, 0.3) is 163 Å². The minimum Gasteiger partial charge on any atom is -0.455 e. The van der Waals surface area contributed by atoms with Crippen LogP contribution in [0.2, 0.25) is 0 Å². The molecule has 0 saturated heterocycles. The number of thiophene rings is 2. The van der Waals surface area contributed by atoms with Crippen LogP contribution in [-0.2, 0) is 60.3 Å². The summed E-state index contributed by atoms with van der Waals surface area (Å²) in [4.78, 5) is 26.2. The Bertz CT molecular complexity index is 6040. The van der Waals surface area contributed by atoms with Crippen LogP contribution in [-0.4, -0.2) is 29.9 Å². The first-order chi connectivity index (χ1) is 55.5. The maximum Gasteiger partial charge on any atom is 0.141 e. The minimum absolute atomic E-state index is 0. The summed E-state index contributed by atoms with van der Waals surface area (Å²) in [6, 6.07) is 142. The molecule has 7 nitrogen and oxygen atoms in total. The van der Waals surface area contributed by atoms with E-state index in [9.17, 15) is 0 Å². The van der Waals surface area contributed by atoms with E-state index in [1.165, 1.54) is 62.6 Å². The predicted molar refractivity (Wildman–Crippen MR) is 465 cm³/mol. The largest absolute Gasteiger partial charge is 0.455 e. The van der Waals surface area contributed by atoms with Crippen LogP contribution < -0.4 is 0 Å². The average molecular weight is 2050 g/mol. The number of aromatic nitrogens is 6. The van der Waals surface area contributed by atoms with Crippen LogP contribution >= 0.6 is 22.7 Å². The maximum atomic E-state index is 6.16. The monoisotopic (exact) mass is 2050 g/mol. The molecule has 21 aromatic rings. The van der Waals surface area contributed by atoms with Crippen molar-refractivity contribution in [3.05, 3.63) is 437 Å². The number of pyridine rings is 6. The molecule has 0 amide bonds. The van der Waals surface area contributed by atoms with Gasteiger partial charge in [0.2, 0.25) is 0 Å². The van der Waals surface area contributed by atoms with E-state index >= 15 is 0 Å². The Kier molecular flexibility index (Phi) is 28.1. The van der Waals surface area contributed by atoms with Crippen LogP contribution in [0.5, 0.6) is 0 Å². The number of para-hydroxylation sites is 2. The van der Waals surface area contributed by atoms with Gasteiger partial charge in [-0.2, -0.15) is 0 Å². The molecular formula is C103H68Ir3N6OS2-6. The summed E-state index contributed by atoms with van der Waals surface area (Å²) in [7, 11) is 0. The number of fused-ring (bicyclic) bond motifs is 9. The molecular weight excluding hydrogens is 1980 g/mol. The van der Waals surface area contributed by atoms with E-state index in [0.717, 1.165) is 106 Å². The first kappa shape index (κ1) is 80.8. The molecule has 12 aromatic carbocycles. The summed E-state index contributed by atoms with van der Waals surface area (Å²) in [6.07, 6.45) is 9.02. The third-order valence-corrected chi connectivity index (χ3v) is 21.0.